The number of hydrogen-bond donors (Lipinski definition) is 1. The van der Waals surface area contributed by atoms with E-state index in [2.05, 4.69) is 18.7 Å². The van der Waals surface area contributed by atoms with E-state index in [-0.39, 0.29) is 11.3 Å². The molecule has 0 bridgehead atoms. The molecule has 0 heterocycles. The molecular weight excluding hydrogens is 328 g/mol. The van der Waals surface area contributed by atoms with Crippen LogP contribution in [0, 0.1) is 12.1 Å². The van der Waals surface area contributed by atoms with Gasteiger partial charge < -0.3 is 15.2 Å². The van der Waals surface area contributed by atoms with Crippen molar-refractivity contribution in [3.63, 3.8) is 0 Å². The highest BCUT2D eigenvalue weighted by Crippen LogP contribution is 2.20. The zero-order valence-electron chi connectivity index (χ0n) is 15.3. The van der Waals surface area contributed by atoms with E-state index in [4.69, 9.17) is 0 Å². The van der Waals surface area contributed by atoms with Gasteiger partial charge in [0.05, 0.1) is 0 Å². The quantitative estimate of drug-likeness (QED) is 0.346. The van der Waals surface area contributed by atoms with Crippen LogP contribution < -0.4 is 4.90 Å². The maximum Gasteiger partial charge on any atom is 0.342 e. The van der Waals surface area contributed by atoms with E-state index in [0.717, 1.165) is 29.9 Å². The fourth-order valence-electron chi connectivity index (χ4n) is 2.71. The van der Waals surface area contributed by atoms with E-state index >= 15 is 0 Å². The molecular formula is C21H24N2O3. The monoisotopic (exact) mass is 352 g/mol. The molecule has 0 aromatic heterocycles. The summed E-state index contributed by atoms with van der Waals surface area (Å²) in [4.78, 5) is 13.6. The molecule has 0 aliphatic rings. The Morgan fingerprint density at radius 2 is 1.81 bits per heavy atom. The summed E-state index contributed by atoms with van der Waals surface area (Å²) >= 11 is 0. The van der Waals surface area contributed by atoms with Crippen molar-refractivity contribution in [2.75, 3.05) is 18.0 Å². The summed E-state index contributed by atoms with van der Waals surface area (Å²) in [5.41, 5.74) is 3.03. The third-order valence-corrected chi connectivity index (χ3v) is 4.15. The minimum Gasteiger partial charge on any atom is -0.618 e. The minimum absolute atomic E-state index is 0.00627. The number of carbonyl (C=O) groups is 1. The van der Waals surface area contributed by atoms with Crippen LogP contribution in [0.4, 0.5) is 11.4 Å². The molecule has 0 atom stereocenters. The average Bonchev–Trinajstić information content (AvgIpc) is 2.63. The number of aromatic carboxylic acids is 1. The van der Waals surface area contributed by atoms with Crippen molar-refractivity contribution in [1.29, 1.82) is 0 Å². The van der Waals surface area contributed by atoms with E-state index < -0.39 is 5.97 Å². The Balaban J connectivity index is 2.17. The van der Waals surface area contributed by atoms with Gasteiger partial charge in [-0.05, 0) is 56.2 Å². The van der Waals surface area contributed by atoms with Gasteiger partial charge in [0, 0.05) is 30.9 Å². The highest BCUT2D eigenvalue weighted by Gasteiger charge is 2.16. The highest BCUT2D eigenvalue weighted by atomic mass is 16.5. The molecule has 5 nitrogen and oxygen atoms in total. The van der Waals surface area contributed by atoms with Gasteiger partial charge in [0.15, 0.2) is 6.21 Å². The summed E-state index contributed by atoms with van der Waals surface area (Å²) in [6, 6.07) is 12.8. The molecule has 0 aliphatic heterocycles. The maximum atomic E-state index is 12.2. The van der Waals surface area contributed by atoms with Crippen LogP contribution >= 0.6 is 0 Å². The molecule has 0 unspecified atom stereocenters. The number of allylic oxidation sites excluding steroid dienone is 1. The number of anilines is 1. The van der Waals surface area contributed by atoms with Crippen molar-refractivity contribution >= 4 is 29.6 Å². The molecule has 2 aromatic rings. The summed E-state index contributed by atoms with van der Waals surface area (Å²) < 4.78 is 0.573. The summed E-state index contributed by atoms with van der Waals surface area (Å²) in [5, 5.41) is 21.5. The number of nitrogens with zero attached hydrogens (tertiary/aromatic N) is 2. The fraction of sp³-hybridized carbons (Fsp3) is 0.238. The van der Waals surface area contributed by atoms with Gasteiger partial charge in [0.1, 0.15) is 5.56 Å². The molecule has 0 saturated carbocycles. The normalized spacial score (nSPS) is 11.7. The Labute approximate surface area is 154 Å². The summed E-state index contributed by atoms with van der Waals surface area (Å²) in [5.74, 6) is -1.12. The Hall–Kier alpha value is -3.08. The van der Waals surface area contributed by atoms with Crippen molar-refractivity contribution in [3.8, 4) is 0 Å². The van der Waals surface area contributed by atoms with Crippen LogP contribution in [0.15, 0.2) is 48.5 Å². The summed E-state index contributed by atoms with van der Waals surface area (Å²) in [7, 11) is 0. The van der Waals surface area contributed by atoms with Crippen LogP contribution in [0.25, 0.3) is 6.08 Å². The van der Waals surface area contributed by atoms with Crippen molar-refractivity contribution in [3.05, 3.63) is 70.4 Å². The SMILES string of the molecule is CCN(CC)c1ccc(C=CC=[N+]([O-])c2ccc(C)cc2C(=O)O)cc1. The van der Waals surface area contributed by atoms with Crippen LogP contribution in [-0.4, -0.2) is 35.1 Å². The highest BCUT2D eigenvalue weighted by molar-refractivity contribution is 5.93. The molecule has 0 spiro atoms. The largest absolute Gasteiger partial charge is 0.618 e. The number of carboxylic acids is 1. The molecule has 1 N–H and O–H groups in total. The van der Waals surface area contributed by atoms with Crippen molar-refractivity contribution in [2.45, 2.75) is 20.8 Å². The van der Waals surface area contributed by atoms with Gasteiger partial charge in [-0.25, -0.2) is 4.79 Å². The first-order valence-electron chi connectivity index (χ1n) is 8.63. The number of hydrogen-bond acceptors (Lipinski definition) is 3. The third-order valence-electron chi connectivity index (χ3n) is 4.15. The van der Waals surface area contributed by atoms with Gasteiger partial charge in [-0.1, -0.05) is 18.2 Å². The molecule has 5 heteroatoms. The van der Waals surface area contributed by atoms with Gasteiger partial charge in [-0.15, -0.1) is 0 Å². The minimum atomic E-state index is -1.12. The summed E-state index contributed by atoms with van der Waals surface area (Å²) in [6.45, 7) is 7.92. The van der Waals surface area contributed by atoms with Gasteiger partial charge in [-0.2, -0.15) is 4.74 Å². The zero-order valence-corrected chi connectivity index (χ0v) is 15.3. The van der Waals surface area contributed by atoms with Gasteiger partial charge in [0.2, 0.25) is 5.69 Å². The smallest absolute Gasteiger partial charge is 0.342 e. The first kappa shape index (κ1) is 19.2. The summed E-state index contributed by atoms with van der Waals surface area (Å²) in [6.07, 6.45) is 4.74. The van der Waals surface area contributed by atoms with E-state index in [9.17, 15) is 15.1 Å². The molecule has 0 fully saturated rings. The Morgan fingerprint density at radius 3 is 2.38 bits per heavy atom. The van der Waals surface area contributed by atoms with E-state index in [0.29, 0.717) is 4.74 Å². The topological polar surface area (TPSA) is 66.6 Å². The second-order valence-corrected chi connectivity index (χ2v) is 5.92. The van der Waals surface area contributed by atoms with E-state index in [1.165, 1.54) is 18.3 Å². The lowest BCUT2D eigenvalue weighted by molar-refractivity contribution is -0.354. The Kier molecular flexibility index (Phi) is 6.55. The average molecular weight is 352 g/mol. The van der Waals surface area contributed by atoms with Crippen LogP contribution in [0.5, 0.6) is 0 Å². The lowest BCUT2D eigenvalue weighted by Gasteiger charge is -2.20. The number of carboxylic acid groups (broad SMARTS) is 1. The molecule has 2 aromatic carbocycles. The molecule has 0 radical (unpaired) electrons. The second kappa shape index (κ2) is 8.85. The molecule has 0 saturated heterocycles. The Morgan fingerprint density at radius 1 is 1.15 bits per heavy atom. The molecule has 136 valence electrons. The number of benzene rings is 2. The van der Waals surface area contributed by atoms with Crippen molar-refractivity contribution in [1.82, 2.24) is 0 Å². The van der Waals surface area contributed by atoms with E-state index in [1.807, 2.05) is 30.3 Å². The molecule has 0 amide bonds. The van der Waals surface area contributed by atoms with Gasteiger partial charge in [0.25, 0.3) is 0 Å². The third kappa shape index (κ3) is 4.72. The van der Waals surface area contributed by atoms with Crippen LogP contribution in [0.2, 0.25) is 0 Å². The van der Waals surface area contributed by atoms with Crippen molar-refractivity contribution in [2.24, 2.45) is 0 Å². The predicted molar refractivity (Wildman–Crippen MR) is 107 cm³/mol. The standard InChI is InChI=1S/C21H24N2O3/c1-4-22(5-2)18-11-9-17(10-12-18)7-6-14-23(26)20-13-8-16(3)15-19(20)21(24)25/h6-15H,4-5H2,1-3H3,(H,24,25). The fourth-order valence-corrected chi connectivity index (χ4v) is 2.71. The van der Waals surface area contributed by atoms with Crippen LogP contribution in [0.3, 0.4) is 0 Å². The molecule has 2 rings (SSSR count). The Bertz CT molecular complexity index is 820. The number of aryl methyl sites for hydroxylation is 1. The zero-order chi connectivity index (χ0) is 19.1. The first-order valence-corrected chi connectivity index (χ1v) is 8.63. The second-order valence-electron chi connectivity index (χ2n) is 5.92. The van der Waals surface area contributed by atoms with E-state index in [1.54, 1.807) is 19.1 Å². The van der Waals surface area contributed by atoms with Gasteiger partial charge >= 0.3 is 5.97 Å². The molecule has 0 aliphatic carbocycles. The molecule has 26 heavy (non-hydrogen) atoms. The van der Waals surface area contributed by atoms with Crippen LogP contribution in [-0.2, 0) is 0 Å². The lowest BCUT2D eigenvalue weighted by atomic mass is 10.1. The van der Waals surface area contributed by atoms with Gasteiger partial charge in [-0.3, -0.25) is 0 Å². The maximum absolute atomic E-state index is 12.2. The van der Waals surface area contributed by atoms with Crippen LogP contribution in [0.1, 0.15) is 35.3 Å². The first-order chi connectivity index (χ1) is 12.5. The predicted octanol–water partition coefficient (Wildman–Crippen LogP) is 4.47. The number of rotatable bonds is 7. The lowest BCUT2D eigenvalue weighted by Crippen LogP contribution is -2.21. The van der Waals surface area contributed by atoms with Crippen molar-refractivity contribution < 1.29 is 14.6 Å².